The van der Waals surface area contributed by atoms with Crippen LogP contribution in [0.1, 0.15) is 174 Å². The van der Waals surface area contributed by atoms with Gasteiger partial charge in [-0.2, -0.15) is 0 Å². The molecule has 41 heavy (non-hydrogen) atoms. The second-order valence-electron chi connectivity index (χ2n) is 15.3. The third kappa shape index (κ3) is 12.0. The van der Waals surface area contributed by atoms with Crippen molar-refractivity contribution < 1.29 is 25.2 Å². The van der Waals surface area contributed by atoms with Gasteiger partial charge in [0.25, 0.3) is 0 Å². The first-order valence-corrected chi connectivity index (χ1v) is 18.1. The zero-order valence-corrected chi connectivity index (χ0v) is 27.0. The molecule has 4 N–H and O–H groups in total. The number of aliphatic hydroxyl groups excluding tert-OH is 4. The minimum absolute atomic E-state index is 0.123. The normalized spacial score (nSPS) is 38.5. The number of hydrogen-bond acceptors (Lipinski definition) is 5. The van der Waals surface area contributed by atoms with Crippen LogP contribution in [-0.2, 0) is 4.74 Å². The Bertz CT molecular complexity index is 669. The van der Waals surface area contributed by atoms with Gasteiger partial charge in [0, 0.05) is 0 Å². The summed E-state index contributed by atoms with van der Waals surface area (Å²) in [5.41, 5.74) is 0.631. The van der Waals surface area contributed by atoms with Crippen molar-refractivity contribution in [3.8, 4) is 0 Å². The summed E-state index contributed by atoms with van der Waals surface area (Å²) in [5.74, 6) is 0.123. The molecule has 0 spiro atoms. The van der Waals surface area contributed by atoms with Crippen LogP contribution in [0, 0.1) is 16.7 Å². The first-order valence-electron chi connectivity index (χ1n) is 18.1. The molecule has 0 radical (unpaired) electrons. The Hall–Kier alpha value is -0.200. The summed E-state index contributed by atoms with van der Waals surface area (Å²) < 4.78 is 6.14. The van der Waals surface area contributed by atoms with Gasteiger partial charge in [0.05, 0.1) is 12.7 Å². The van der Waals surface area contributed by atoms with Gasteiger partial charge in [-0.1, -0.05) is 129 Å². The molecule has 0 bridgehead atoms. The van der Waals surface area contributed by atoms with Crippen LogP contribution in [0.5, 0.6) is 0 Å². The predicted octanol–water partition coefficient (Wildman–Crippen LogP) is 8.24. The second kappa shape index (κ2) is 18.6. The Morgan fingerprint density at radius 2 is 0.927 bits per heavy atom. The van der Waals surface area contributed by atoms with Crippen molar-refractivity contribution in [3.63, 3.8) is 0 Å². The summed E-state index contributed by atoms with van der Waals surface area (Å²) in [6.45, 7) is 4.80. The van der Waals surface area contributed by atoms with Gasteiger partial charge in [-0.25, -0.2) is 0 Å². The van der Waals surface area contributed by atoms with Crippen molar-refractivity contribution in [2.75, 3.05) is 6.61 Å². The summed E-state index contributed by atoms with van der Waals surface area (Å²) >= 11 is 0. The Morgan fingerprint density at radius 1 is 0.512 bits per heavy atom. The van der Waals surface area contributed by atoms with Crippen LogP contribution in [0.25, 0.3) is 0 Å². The Labute approximate surface area is 253 Å². The van der Waals surface area contributed by atoms with E-state index >= 15 is 0 Å². The van der Waals surface area contributed by atoms with Crippen LogP contribution in [0.15, 0.2) is 0 Å². The Kier molecular flexibility index (Phi) is 16.0. The van der Waals surface area contributed by atoms with Gasteiger partial charge < -0.3 is 25.2 Å². The van der Waals surface area contributed by atoms with Gasteiger partial charge in [0.15, 0.2) is 0 Å². The number of aliphatic hydroxyl groups is 4. The highest BCUT2D eigenvalue weighted by molar-refractivity contribution is 4.95. The average molecular weight is 581 g/mol. The highest BCUT2D eigenvalue weighted by atomic mass is 16.5. The molecular weight excluding hydrogens is 512 g/mol. The number of rotatable bonds is 4. The van der Waals surface area contributed by atoms with Crippen molar-refractivity contribution in [3.05, 3.63) is 0 Å². The molecule has 3 fully saturated rings. The summed E-state index contributed by atoms with van der Waals surface area (Å²) in [5, 5.41) is 41.8. The van der Waals surface area contributed by atoms with Crippen LogP contribution < -0.4 is 0 Å². The van der Waals surface area contributed by atoms with E-state index in [4.69, 9.17) is 4.74 Å². The summed E-state index contributed by atoms with van der Waals surface area (Å²) in [6, 6.07) is 0. The van der Waals surface area contributed by atoms with Crippen molar-refractivity contribution in [1.82, 2.24) is 0 Å². The van der Waals surface area contributed by atoms with E-state index in [9.17, 15) is 20.4 Å². The van der Waals surface area contributed by atoms with E-state index in [1.54, 1.807) is 0 Å². The van der Waals surface area contributed by atoms with Crippen molar-refractivity contribution in [2.45, 2.75) is 205 Å². The van der Waals surface area contributed by atoms with Crippen molar-refractivity contribution in [2.24, 2.45) is 16.7 Å². The molecule has 2 unspecified atom stereocenters. The maximum atomic E-state index is 11.0. The van der Waals surface area contributed by atoms with E-state index < -0.39 is 30.5 Å². The third-order valence-corrected chi connectivity index (χ3v) is 11.3. The van der Waals surface area contributed by atoms with Crippen LogP contribution >= 0.6 is 0 Å². The molecule has 2 saturated carbocycles. The van der Waals surface area contributed by atoms with E-state index in [-0.39, 0.29) is 17.9 Å². The smallest absolute Gasteiger partial charge is 0.111 e. The maximum Gasteiger partial charge on any atom is 0.111 e. The van der Waals surface area contributed by atoms with E-state index in [0.29, 0.717) is 5.41 Å². The molecule has 1 heterocycles. The van der Waals surface area contributed by atoms with Gasteiger partial charge in [0.1, 0.15) is 24.4 Å². The van der Waals surface area contributed by atoms with Crippen molar-refractivity contribution >= 4 is 0 Å². The fourth-order valence-corrected chi connectivity index (χ4v) is 8.70. The Morgan fingerprint density at radius 3 is 1.39 bits per heavy atom. The Balaban J connectivity index is 1.74. The molecular formula is C36H68O5. The lowest BCUT2D eigenvalue weighted by Crippen LogP contribution is -2.60. The van der Waals surface area contributed by atoms with E-state index in [2.05, 4.69) is 13.8 Å². The molecule has 0 aromatic carbocycles. The first kappa shape index (κ1) is 35.3. The third-order valence-electron chi connectivity index (χ3n) is 11.3. The fourth-order valence-electron chi connectivity index (χ4n) is 8.70. The predicted molar refractivity (Wildman–Crippen MR) is 169 cm³/mol. The van der Waals surface area contributed by atoms with Gasteiger partial charge in [-0.05, 0) is 61.7 Å². The van der Waals surface area contributed by atoms with Gasteiger partial charge in [-0.3, -0.25) is 0 Å². The van der Waals surface area contributed by atoms with Gasteiger partial charge in [-0.15, -0.1) is 0 Å². The molecule has 3 rings (SSSR count). The van der Waals surface area contributed by atoms with Gasteiger partial charge >= 0.3 is 0 Å². The molecule has 1 saturated heterocycles. The zero-order valence-electron chi connectivity index (χ0n) is 27.0. The molecule has 0 amide bonds. The zero-order chi connectivity index (χ0) is 29.6. The standard InChI is InChI=1S/C36H68O5/c1-35(23-18-14-10-6-4-3-5-7-11-15-19-24-35)28-36(2)25-20-16-12-8-9-13-17-21-29(22-26-36)34-33(40)32(39)31(38)30(27-37)41-34/h29-34,37-40H,3-28H2,1-2H3/t29?,30-,31-,32+,33-,34+,36?/m1/s1. The summed E-state index contributed by atoms with van der Waals surface area (Å²) in [7, 11) is 0. The molecule has 1 aliphatic heterocycles. The molecule has 5 nitrogen and oxygen atoms in total. The van der Waals surface area contributed by atoms with Gasteiger partial charge in [0.2, 0.25) is 0 Å². The fraction of sp³-hybridized carbons (Fsp3) is 1.00. The number of ether oxygens (including phenoxy) is 1. The first-order chi connectivity index (χ1) is 19.8. The monoisotopic (exact) mass is 581 g/mol. The summed E-state index contributed by atoms with van der Waals surface area (Å²) in [6.07, 6.45) is 27.5. The molecule has 0 aromatic rings. The van der Waals surface area contributed by atoms with E-state index in [0.717, 1.165) is 25.7 Å². The lowest BCUT2D eigenvalue weighted by atomic mass is 9.64. The molecule has 0 aromatic heterocycles. The minimum Gasteiger partial charge on any atom is -0.394 e. The number of hydrogen-bond donors (Lipinski definition) is 4. The van der Waals surface area contributed by atoms with E-state index in [1.807, 2.05) is 0 Å². The molecule has 7 atom stereocenters. The lowest BCUT2D eigenvalue weighted by molar-refractivity contribution is -0.242. The van der Waals surface area contributed by atoms with Crippen LogP contribution in [-0.4, -0.2) is 57.6 Å². The van der Waals surface area contributed by atoms with Crippen molar-refractivity contribution in [1.29, 1.82) is 0 Å². The quantitative estimate of drug-likeness (QED) is 0.269. The average Bonchev–Trinajstić information content (AvgIpc) is 2.96. The molecule has 3 aliphatic rings. The molecule has 242 valence electrons. The lowest BCUT2D eigenvalue weighted by Gasteiger charge is -2.45. The SMILES string of the molecule is CC1(CC2(C)CCCCCCCCCC([C@@H]3O[C@H](CO)[C@@H](O)[C@H](O)[C@H]3O)CC2)CCCCCCCCCCCCC1. The van der Waals surface area contributed by atoms with E-state index in [1.165, 1.54) is 135 Å². The maximum absolute atomic E-state index is 11.0. The summed E-state index contributed by atoms with van der Waals surface area (Å²) in [4.78, 5) is 0. The second-order valence-corrected chi connectivity index (χ2v) is 15.3. The molecule has 2 aliphatic carbocycles. The highest BCUT2D eigenvalue weighted by Gasteiger charge is 2.46. The highest BCUT2D eigenvalue weighted by Crippen LogP contribution is 2.48. The topological polar surface area (TPSA) is 90.2 Å². The van der Waals surface area contributed by atoms with Crippen LogP contribution in [0.2, 0.25) is 0 Å². The largest absolute Gasteiger partial charge is 0.394 e. The van der Waals surface area contributed by atoms with Crippen LogP contribution in [0.3, 0.4) is 0 Å². The van der Waals surface area contributed by atoms with Crippen LogP contribution in [0.4, 0.5) is 0 Å². The minimum atomic E-state index is -1.27. The molecule has 5 heteroatoms.